The third-order valence-electron chi connectivity index (χ3n) is 8.26. The Labute approximate surface area is 260 Å². The van der Waals surface area contributed by atoms with Gasteiger partial charge in [-0.15, -0.1) is 0 Å². The number of hydrogen-bond donors (Lipinski definition) is 3. The van der Waals surface area contributed by atoms with Gasteiger partial charge >= 0.3 is 6.09 Å². The van der Waals surface area contributed by atoms with Crippen molar-refractivity contribution in [3.05, 3.63) is 0 Å². The Bertz CT molecular complexity index is 1040. The number of rotatable bonds is 7. The van der Waals surface area contributed by atoms with Crippen molar-refractivity contribution in [2.75, 3.05) is 32.0 Å². The molecule has 0 radical (unpaired) electrons. The Balaban J connectivity index is 2.53. The number of aliphatic hydroxyl groups excluding tert-OH is 1. The number of carbonyl (C=O) groups excluding carboxylic acids is 3. The highest BCUT2D eigenvalue weighted by molar-refractivity contribution is 7.89. The molecule has 2 fully saturated rings. The van der Waals surface area contributed by atoms with E-state index in [9.17, 15) is 27.9 Å². The number of fused-ring (bicyclic) bond motifs is 1. The van der Waals surface area contributed by atoms with Gasteiger partial charge in [-0.25, -0.2) is 13.2 Å². The number of ether oxygens (including phenoxy) is 1. The molecule has 2 saturated heterocycles. The molecule has 0 unspecified atom stereocenters. The predicted molar refractivity (Wildman–Crippen MR) is 172 cm³/mol. The number of carbonyl (C=O) groups is 3. The average Bonchev–Trinajstić information content (AvgIpc) is 3.32. The van der Waals surface area contributed by atoms with Gasteiger partial charge in [0.15, 0.2) is 0 Å². The number of aliphatic hydroxyl groups is 1. The summed E-state index contributed by atoms with van der Waals surface area (Å²) >= 11 is 0. The van der Waals surface area contributed by atoms with Crippen LogP contribution in [0.3, 0.4) is 0 Å². The third kappa shape index (κ3) is 12.3. The van der Waals surface area contributed by atoms with Crippen LogP contribution < -0.4 is 10.6 Å². The molecular formula is C30H58N4O7SSi. The van der Waals surface area contributed by atoms with Crippen molar-refractivity contribution >= 4 is 36.0 Å². The molecule has 0 bridgehead atoms. The third-order valence-corrected chi connectivity index (χ3v) is 12.2. The Morgan fingerprint density at radius 3 is 2.28 bits per heavy atom. The van der Waals surface area contributed by atoms with Gasteiger partial charge in [-0.1, -0.05) is 59.2 Å². The molecule has 0 aromatic heterocycles. The van der Waals surface area contributed by atoms with Gasteiger partial charge in [0, 0.05) is 27.7 Å². The maximum absolute atomic E-state index is 14.3. The molecule has 4 atom stereocenters. The number of alkyl carbamates (subject to hydrolysis) is 1. The zero-order valence-electron chi connectivity index (χ0n) is 27.8. The van der Waals surface area contributed by atoms with E-state index in [1.807, 2.05) is 13.8 Å². The minimum atomic E-state index is -3.73. The van der Waals surface area contributed by atoms with Crippen LogP contribution in [0, 0.1) is 11.8 Å². The second kappa shape index (κ2) is 16.0. The molecule has 11 nitrogen and oxygen atoms in total. The summed E-state index contributed by atoms with van der Waals surface area (Å²) in [6.07, 6.45) is 4.45. The van der Waals surface area contributed by atoms with E-state index in [1.54, 1.807) is 20.8 Å². The molecule has 0 aromatic rings. The zero-order valence-corrected chi connectivity index (χ0v) is 29.6. The smallest absolute Gasteiger partial charge is 0.408 e. The standard InChI is InChI=1S/C30H58N4O7SSi/c1-22(2)24-15-17-34-26(24)27(36)31-23(21-35)14-12-10-9-11-13-16-33(42(39,40)18-19-43(6,7)8)20-25(28(34)37)32-29(38)41-30(3,4)5/h22-26,35H,9-21H2,1-8H3,(H,31,36)(H,32,38)/t23-,24+,25-,26-/m0/s1. The lowest BCUT2D eigenvalue weighted by Gasteiger charge is -2.35. The van der Waals surface area contributed by atoms with Gasteiger partial charge < -0.3 is 25.4 Å². The fourth-order valence-corrected chi connectivity index (χ4v) is 10.3. The highest BCUT2D eigenvalue weighted by atomic mass is 32.2. The fourth-order valence-electron chi connectivity index (χ4n) is 5.75. The lowest BCUT2D eigenvalue weighted by molar-refractivity contribution is -0.141. The molecule has 2 rings (SSSR count). The first-order chi connectivity index (χ1) is 19.8. The maximum atomic E-state index is 14.3. The summed E-state index contributed by atoms with van der Waals surface area (Å²) in [5.41, 5.74) is -0.827. The Kier molecular flexibility index (Phi) is 14.0. The van der Waals surface area contributed by atoms with Gasteiger partial charge in [-0.2, -0.15) is 4.31 Å². The van der Waals surface area contributed by atoms with Crippen LogP contribution in [0.1, 0.15) is 79.6 Å². The number of amides is 3. The number of nitrogens with zero attached hydrogens (tertiary/aromatic N) is 2. The van der Waals surface area contributed by atoms with Gasteiger partial charge in [0.2, 0.25) is 21.8 Å². The summed E-state index contributed by atoms with van der Waals surface area (Å²) in [6, 6.07) is -1.86. The minimum Gasteiger partial charge on any atom is -0.444 e. The van der Waals surface area contributed by atoms with Gasteiger partial charge in [0.1, 0.15) is 17.7 Å². The van der Waals surface area contributed by atoms with Gasteiger partial charge in [0.05, 0.1) is 18.4 Å². The first-order valence-electron chi connectivity index (χ1n) is 16.0. The Morgan fingerprint density at radius 1 is 1.07 bits per heavy atom. The molecule has 3 N–H and O–H groups in total. The van der Waals surface area contributed by atoms with E-state index < -0.39 is 53.8 Å². The highest BCUT2D eigenvalue weighted by Crippen LogP contribution is 2.32. The second-order valence-corrected chi connectivity index (χ2v) is 22.5. The molecule has 2 aliphatic heterocycles. The van der Waals surface area contributed by atoms with E-state index in [-0.39, 0.29) is 43.2 Å². The van der Waals surface area contributed by atoms with Crippen molar-refractivity contribution in [1.82, 2.24) is 19.8 Å². The molecule has 0 saturated carbocycles. The molecule has 250 valence electrons. The van der Waals surface area contributed by atoms with Crippen LogP contribution in [-0.4, -0.2) is 104 Å². The summed E-state index contributed by atoms with van der Waals surface area (Å²) in [7, 11) is -5.41. The van der Waals surface area contributed by atoms with Crippen molar-refractivity contribution < 1.29 is 32.6 Å². The van der Waals surface area contributed by atoms with Gasteiger partial charge in [-0.05, 0) is 57.9 Å². The lowest BCUT2D eigenvalue weighted by atomic mass is 9.88. The summed E-state index contributed by atoms with van der Waals surface area (Å²) in [6.45, 7) is 15.7. The van der Waals surface area contributed by atoms with E-state index in [2.05, 4.69) is 30.3 Å². The predicted octanol–water partition coefficient (Wildman–Crippen LogP) is 3.55. The van der Waals surface area contributed by atoms with Crippen molar-refractivity contribution in [3.8, 4) is 0 Å². The number of sulfonamides is 1. The van der Waals surface area contributed by atoms with Gasteiger partial charge in [-0.3, -0.25) is 9.59 Å². The van der Waals surface area contributed by atoms with E-state index in [1.165, 1.54) is 9.21 Å². The van der Waals surface area contributed by atoms with E-state index in [0.29, 0.717) is 31.9 Å². The Morgan fingerprint density at radius 2 is 1.70 bits per heavy atom. The number of nitrogens with one attached hydrogen (secondary N) is 2. The summed E-state index contributed by atoms with van der Waals surface area (Å²) in [5, 5.41) is 15.6. The fraction of sp³-hybridized carbons (Fsp3) is 0.900. The van der Waals surface area contributed by atoms with E-state index >= 15 is 0 Å². The molecular weight excluding hydrogens is 589 g/mol. The molecule has 0 aromatic carbocycles. The molecule has 2 heterocycles. The van der Waals surface area contributed by atoms with Crippen LogP contribution in [0.4, 0.5) is 4.79 Å². The topological polar surface area (TPSA) is 145 Å². The first kappa shape index (κ1) is 37.5. The van der Waals surface area contributed by atoms with Crippen molar-refractivity contribution in [1.29, 1.82) is 0 Å². The molecule has 0 aliphatic carbocycles. The second-order valence-electron chi connectivity index (χ2n) is 14.8. The average molecular weight is 647 g/mol. The molecule has 43 heavy (non-hydrogen) atoms. The van der Waals surface area contributed by atoms with Crippen LogP contribution in [0.25, 0.3) is 0 Å². The minimum absolute atomic E-state index is 0.0111. The molecule has 13 heteroatoms. The van der Waals surface area contributed by atoms with Crippen LogP contribution in [-0.2, 0) is 24.3 Å². The van der Waals surface area contributed by atoms with Crippen LogP contribution >= 0.6 is 0 Å². The molecule has 0 spiro atoms. The molecule has 3 amide bonds. The summed E-state index contributed by atoms with van der Waals surface area (Å²) in [4.78, 5) is 42.5. The van der Waals surface area contributed by atoms with Crippen LogP contribution in [0.5, 0.6) is 0 Å². The van der Waals surface area contributed by atoms with E-state index in [4.69, 9.17) is 4.74 Å². The first-order valence-corrected chi connectivity index (χ1v) is 21.4. The van der Waals surface area contributed by atoms with Gasteiger partial charge in [0.25, 0.3) is 0 Å². The quantitative estimate of drug-likeness (QED) is 0.359. The largest absolute Gasteiger partial charge is 0.444 e. The van der Waals surface area contributed by atoms with Crippen molar-refractivity contribution in [2.24, 2.45) is 11.8 Å². The number of hydrogen-bond acceptors (Lipinski definition) is 7. The van der Waals surface area contributed by atoms with E-state index in [0.717, 1.165) is 25.7 Å². The lowest BCUT2D eigenvalue weighted by Crippen LogP contribution is -2.59. The monoisotopic (exact) mass is 646 g/mol. The molecule has 2 aliphatic rings. The maximum Gasteiger partial charge on any atom is 0.408 e. The normalized spacial score (nSPS) is 26.2. The zero-order chi connectivity index (χ0) is 32.6. The van der Waals surface area contributed by atoms with Crippen molar-refractivity contribution in [3.63, 3.8) is 0 Å². The highest BCUT2D eigenvalue weighted by Gasteiger charge is 2.46. The summed E-state index contributed by atoms with van der Waals surface area (Å²) < 4.78 is 34.3. The Hall–Kier alpha value is -1.70. The van der Waals surface area contributed by atoms with Crippen molar-refractivity contribution in [2.45, 2.75) is 129 Å². The SMILES string of the molecule is CC(C)[C@H]1CCN2C(=O)[C@@H](NC(=O)OC(C)(C)C)CN(S(=O)(=O)CC[Si](C)(C)C)CCCCCCC[C@@H](CO)NC(=O)[C@H]12. The van der Waals surface area contributed by atoms with Crippen LogP contribution in [0.2, 0.25) is 25.7 Å². The summed E-state index contributed by atoms with van der Waals surface area (Å²) in [5.74, 6) is -0.870. The van der Waals surface area contributed by atoms with Crippen LogP contribution in [0.15, 0.2) is 0 Å².